The van der Waals surface area contributed by atoms with Crippen LogP contribution in [-0.4, -0.2) is 55.6 Å². The first-order valence-corrected chi connectivity index (χ1v) is 9.49. The van der Waals surface area contributed by atoms with Gasteiger partial charge in [-0.05, 0) is 41.4 Å². The normalized spacial score (nSPS) is 18.8. The molecule has 1 fully saturated rings. The van der Waals surface area contributed by atoms with Gasteiger partial charge in [0, 0.05) is 32.6 Å². The third-order valence-electron chi connectivity index (χ3n) is 4.13. The van der Waals surface area contributed by atoms with Crippen molar-refractivity contribution in [1.82, 2.24) is 15.5 Å². The lowest BCUT2D eigenvalue weighted by atomic mass is 10.3. The molecule has 1 saturated heterocycles. The standard InChI is InChI=1S/C18H27BrN4O2/c1-4-17(24)23-10-9-14(12-23)22-18(20-3)21-11-13(2)25-16-8-6-5-7-15(16)19/h5-8,13-14H,4,9-12H2,1-3H3,(H2,20,21,22). The number of carbonyl (C=O) groups excluding carboxylic acids is 1. The first kappa shape index (κ1) is 19.6. The Morgan fingerprint density at radius 1 is 1.48 bits per heavy atom. The van der Waals surface area contributed by atoms with Gasteiger partial charge < -0.3 is 20.3 Å². The van der Waals surface area contributed by atoms with Crippen molar-refractivity contribution in [1.29, 1.82) is 0 Å². The van der Waals surface area contributed by atoms with Crippen molar-refractivity contribution in [2.24, 2.45) is 4.99 Å². The zero-order chi connectivity index (χ0) is 18.2. The molecule has 7 heteroatoms. The Morgan fingerprint density at radius 2 is 2.24 bits per heavy atom. The third kappa shape index (κ3) is 5.92. The Labute approximate surface area is 158 Å². The Morgan fingerprint density at radius 3 is 2.92 bits per heavy atom. The van der Waals surface area contributed by atoms with Crippen LogP contribution in [0.3, 0.4) is 0 Å². The number of guanidine groups is 1. The summed E-state index contributed by atoms with van der Waals surface area (Å²) in [6.45, 7) is 6.08. The molecule has 2 unspecified atom stereocenters. The lowest BCUT2D eigenvalue weighted by Gasteiger charge is -2.21. The van der Waals surface area contributed by atoms with Crippen molar-refractivity contribution >= 4 is 27.8 Å². The van der Waals surface area contributed by atoms with Gasteiger partial charge in [-0.1, -0.05) is 19.1 Å². The van der Waals surface area contributed by atoms with E-state index in [2.05, 4.69) is 31.6 Å². The van der Waals surface area contributed by atoms with Crippen LogP contribution in [0.2, 0.25) is 0 Å². The summed E-state index contributed by atoms with van der Waals surface area (Å²) in [6.07, 6.45) is 1.48. The van der Waals surface area contributed by atoms with Gasteiger partial charge in [-0.25, -0.2) is 0 Å². The average Bonchev–Trinajstić information content (AvgIpc) is 3.08. The molecular formula is C18H27BrN4O2. The van der Waals surface area contributed by atoms with Crippen LogP contribution < -0.4 is 15.4 Å². The maximum atomic E-state index is 11.8. The topological polar surface area (TPSA) is 66.0 Å². The minimum atomic E-state index is -0.0148. The molecule has 0 saturated carbocycles. The highest BCUT2D eigenvalue weighted by Crippen LogP contribution is 2.24. The first-order valence-electron chi connectivity index (χ1n) is 8.69. The molecule has 2 N–H and O–H groups in total. The molecule has 0 bridgehead atoms. The van der Waals surface area contributed by atoms with Gasteiger partial charge in [0.2, 0.25) is 5.91 Å². The minimum Gasteiger partial charge on any atom is -0.488 e. The number of likely N-dealkylation sites (tertiary alicyclic amines) is 1. The summed E-state index contributed by atoms with van der Waals surface area (Å²) in [5, 5.41) is 6.67. The van der Waals surface area contributed by atoms with Gasteiger partial charge in [0.05, 0.1) is 11.0 Å². The summed E-state index contributed by atoms with van der Waals surface area (Å²) in [7, 11) is 1.75. The average molecular weight is 411 g/mol. The summed E-state index contributed by atoms with van der Waals surface area (Å²) >= 11 is 3.49. The lowest BCUT2D eigenvalue weighted by Crippen LogP contribution is -2.47. The van der Waals surface area contributed by atoms with E-state index in [9.17, 15) is 4.79 Å². The van der Waals surface area contributed by atoms with Crippen LogP contribution in [0.25, 0.3) is 0 Å². The zero-order valence-corrected chi connectivity index (χ0v) is 16.7. The largest absolute Gasteiger partial charge is 0.488 e. The predicted molar refractivity (Wildman–Crippen MR) is 104 cm³/mol. The smallest absolute Gasteiger partial charge is 0.222 e. The number of ether oxygens (including phenoxy) is 1. The van der Waals surface area contributed by atoms with Gasteiger partial charge in [-0.3, -0.25) is 9.79 Å². The number of para-hydroxylation sites is 1. The quantitative estimate of drug-likeness (QED) is 0.558. The van der Waals surface area contributed by atoms with Crippen LogP contribution in [0.4, 0.5) is 0 Å². The van der Waals surface area contributed by atoms with Crippen LogP contribution in [0.15, 0.2) is 33.7 Å². The van der Waals surface area contributed by atoms with E-state index in [1.807, 2.05) is 43.0 Å². The molecule has 2 rings (SSSR count). The second-order valence-corrected chi connectivity index (χ2v) is 6.99. The molecule has 2 atom stereocenters. The molecule has 0 radical (unpaired) electrons. The molecular weight excluding hydrogens is 384 g/mol. The summed E-state index contributed by atoms with van der Waals surface area (Å²) in [6, 6.07) is 8.04. The summed E-state index contributed by atoms with van der Waals surface area (Å²) < 4.78 is 6.87. The lowest BCUT2D eigenvalue weighted by molar-refractivity contribution is -0.129. The van der Waals surface area contributed by atoms with E-state index in [0.717, 1.165) is 35.7 Å². The van der Waals surface area contributed by atoms with E-state index in [-0.39, 0.29) is 18.1 Å². The Hall–Kier alpha value is -1.76. The SMILES string of the molecule is CCC(=O)N1CCC(NC(=NC)NCC(C)Oc2ccccc2Br)C1. The number of amides is 1. The maximum Gasteiger partial charge on any atom is 0.222 e. The Kier molecular flexibility index (Phi) is 7.55. The van der Waals surface area contributed by atoms with E-state index < -0.39 is 0 Å². The second kappa shape index (κ2) is 9.65. The van der Waals surface area contributed by atoms with Crippen molar-refractivity contribution in [3.63, 3.8) is 0 Å². The van der Waals surface area contributed by atoms with Crippen LogP contribution in [0, 0.1) is 0 Å². The first-order chi connectivity index (χ1) is 12.0. The summed E-state index contributed by atoms with van der Waals surface area (Å²) in [5.41, 5.74) is 0. The maximum absolute atomic E-state index is 11.8. The van der Waals surface area contributed by atoms with Crippen molar-refractivity contribution in [2.45, 2.75) is 38.8 Å². The van der Waals surface area contributed by atoms with Gasteiger partial charge in [0.1, 0.15) is 11.9 Å². The highest BCUT2D eigenvalue weighted by atomic mass is 79.9. The van der Waals surface area contributed by atoms with E-state index in [1.54, 1.807) is 7.05 Å². The number of nitrogens with one attached hydrogen (secondary N) is 2. The number of halogens is 1. The molecule has 25 heavy (non-hydrogen) atoms. The highest BCUT2D eigenvalue weighted by molar-refractivity contribution is 9.10. The van der Waals surface area contributed by atoms with E-state index >= 15 is 0 Å². The highest BCUT2D eigenvalue weighted by Gasteiger charge is 2.25. The molecule has 0 aliphatic carbocycles. The van der Waals surface area contributed by atoms with Crippen molar-refractivity contribution < 1.29 is 9.53 Å². The molecule has 1 heterocycles. The van der Waals surface area contributed by atoms with Gasteiger partial charge in [0.15, 0.2) is 5.96 Å². The van der Waals surface area contributed by atoms with E-state index in [1.165, 1.54) is 0 Å². The summed E-state index contributed by atoms with van der Waals surface area (Å²) in [5.74, 6) is 1.77. The number of nitrogens with zero attached hydrogens (tertiary/aromatic N) is 2. The Balaban J connectivity index is 1.77. The summed E-state index contributed by atoms with van der Waals surface area (Å²) in [4.78, 5) is 17.9. The minimum absolute atomic E-state index is 0.0148. The van der Waals surface area contributed by atoms with Crippen molar-refractivity contribution in [2.75, 3.05) is 26.7 Å². The molecule has 0 spiro atoms. The molecule has 1 amide bonds. The number of hydrogen-bond acceptors (Lipinski definition) is 3. The van der Waals surface area contributed by atoms with Crippen LogP contribution in [0.5, 0.6) is 5.75 Å². The van der Waals surface area contributed by atoms with E-state index in [0.29, 0.717) is 13.0 Å². The number of benzene rings is 1. The third-order valence-corrected chi connectivity index (χ3v) is 4.78. The predicted octanol–water partition coefficient (Wildman–Crippen LogP) is 2.39. The van der Waals surface area contributed by atoms with Crippen LogP contribution >= 0.6 is 15.9 Å². The molecule has 0 aromatic heterocycles. The fourth-order valence-electron chi connectivity index (χ4n) is 2.76. The fraction of sp³-hybridized carbons (Fsp3) is 0.556. The number of hydrogen-bond donors (Lipinski definition) is 2. The molecule has 1 aliphatic heterocycles. The second-order valence-electron chi connectivity index (χ2n) is 6.14. The molecule has 6 nitrogen and oxygen atoms in total. The van der Waals surface area contributed by atoms with Crippen LogP contribution in [-0.2, 0) is 4.79 Å². The van der Waals surface area contributed by atoms with Gasteiger partial charge in [-0.15, -0.1) is 0 Å². The van der Waals surface area contributed by atoms with Crippen molar-refractivity contribution in [3.05, 3.63) is 28.7 Å². The molecule has 138 valence electrons. The number of aliphatic imine (C=N–C) groups is 1. The fourth-order valence-corrected chi connectivity index (χ4v) is 3.13. The number of carbonyl (C=O) groups is 1. The van der Waals surface area contributed by atoms with Crippen LogP contribution in [0.1, 0.15) is 26.7 Å². The monoisotopic (exact) mass is 410 g/mol. The zero-order valence-electron chi connectivity index (χ0n) is 15.1. The van der Waals surface area contributed by atoms with E-state index in [4.69, 9.17) is 4.74 Å². The van der Waals surface area contributed by atoms with Gasteiger partial charge in [0.25, 0.3) is 0 Å². The van der Waals surface area contributed by atoms with Gasteiger partial charge in [-0.2, -0.15) is 0 Å². The molecule has 1 aromatic carbocycles. The molecule has 1 aliphatic rings. The van der Waals surface area contributed by atoms with Gasteiger partial charge >= 0.3 is 0 Å². The Bertz CT molecular complexity index is 608. The molecule has 1 aromatic rings. The van der Waals surface area contributed by atoms with Crippen molar-refractivity contribution in [3.8, 4) is 5.75 Å². The number of rotatable bonds is 6.